The van der Waals surface area contributed by atoms with Crippen LogP contribution in [0.5, 0.6) is 0 Å². The first-order chi connectivity index (χ1) is 11.8. The van der Waals surface area contributed by atoms with Crippen molar-refractivity contribution in [2.45, 2.75) is 13.0 Å². The van der Waals surface area contributed by atoms with Crippen LogP contribution in [0, 0.1) is 11.6 Å². The van der Waals surface area contributed by atoms with E-state index in [2.05, 4.69) is 5.32 Å². The van der Waals surface area contributed by atoms with Crippen molar-refractivity contribution in [2.24, 2.45) is 0 Å². The fourth-order valence-electron chi connectivity index (χ4n) is 2.08. The molecule has 0 fully saturated rings. The van der Waals surface area contributed by atoms with Gasteiger partial charge in [0.2, 0.25) is 0 Å². The van der Waals surface area contributed by atoms with E-state index in [0.717, 1.165) is 12.1 Å². The monoisotopic (exact) mass is 387 g/mol. The van der Waals surface area contributed by atoms with Crippen molar-refractivity contribution >= 4 is 35.1 Å². The molecular weight excluding hydrogens is 375 g/mol. The maximum atomic E-state index is 13.7. The van der Waals surface area contributed by atoms with Crippen LogP contribution in [-0.2, 0) is 9.53 Å². The molecule has 2 aromatic rings. The molecule has 0 aromatic heterocycles. The van der Waals surface area contributed by atoms with Gasteiger partial charge in [-0.25, -0.2) is 13.6 Å². The van der Waals surface area contributed by atoms with E-state index in [1.807, 2.05) is 0 Å². The minimum atomic E-state index is -0.816. The summed E-state index contributed by atoms with van der Waals surface area (Å²) in [6.45, 7) is 0.929. The second kappa shape index (κ2) is 8.27. The Morgan fingerprint density at radius 3 is 2.60 bits per heavy atom. The SMILES string of the molecule is C[C@H](NC(=O)COC(=O)c1cccc(Cl)c1Cl)c1ccc(F)cc1F. The lowest BCUT2D eigenvalue weighted by Crippen LogP contribution is -2.31. The Hall–Kier alpha value is -2.18. The summed E-state index contributed by atoms with van der Waals surface area (Å²) in [5, 5.41) is 2.66. The van der Waals surface area contributed by atoms with Gasteiger partial charge in [0.05, 0.1) is 21.7 Å². The Kier molecular flexibility index (Phi) is 6.33. The minimum Gasteiger partial charge on any atom is -0.452 e. The van der Waals surface area contributed by atoms with Crippen LogP contribution >= 0.6 is 23.2 Å². The van der Waals surface area contributed by atoms with E-state index >= 15 is 0 Å². The van der Waals surface area contributed by atoms with Crippen LogP contribution in [0.1, 0.15) is 28.9 Å². The van der Waals surface area contributed by atoms with Gasteiger partial charge in [0.25, 0.3) is 5.91 Å². The Morgan fingerprint density at radius 2 is 1.92 bits per heavy atom. The third-order valence-corrected chi connectivity index (χ3v) is 4.13. The molecule has 0 radical (unpaired) electrons. The van der Waals surface area contributed by atoms with Gasteiger partial charge in [0.15, 0.2) is 6.61 Å². The van der Waals surface area contributed by atoms with Crippen molar-refractivity contribution in [1.82, 2.24) is 5.32 Å². The first kappa shape index (κ1) is 19.1. The largest absolute Gasteiger partial charge is 0.452 e. The van der Waals surface area contributed by atoms with Crippen molar-refractivity contribution in [3.05, 3.63) is 69.2 Å². The van der Waals surface area contributed by atoms with Gasteiger partial charge in [-0.05, 0) is 25.1 Å². The zero-order chi connectivity index (χ0) is 18.6. The summed E-state index contributed by atoms with van der Waals surface area (Å²) in [5.74, 6) is -2.96. The number of halogens is 4. The summed E-state index contributed by atoms with van der Waals surface area (Å²) in [6, 6.07) is 6.73. The second-order valence-electron chi connectivity index (χ2n) is 5.13. The van der Waals surface area contributed by atoms with Crippen LogP contribution < -0.4 is 5.32 Å². The summed E-state index contributed by atoms with van der Waals surface area (Å²) in [5.41, 5.74) is 0.138. The van der Waals surface area contributed by atoms with Crippen LogP contribution in [0.15, 0.2) is 36.4 Å². The molecule has 2 rings (SSSR count). The summed E-state index contributed by atoms with van der Waals surface area (Å²) >= 11 is 11.7. The molecule has 0 heterocycles. The van der Waals surface area contributed by atoms with E-state index in [-0.39, 0.29) is 21.2 Å². The summed E-state index contributed by atoms with van der Waals surface area (Å²) in [4.78, 5) is 23.8. The van der Waals surface area contributed by atoms with Crippen molar-refractivity contribution in [3.63, 3.8) is 0 Å². The highest BCUT2D eigenvalue weighted by atomic mass is 35.5. The molecular formula is C17H13Cl2F2NO3. The number of rotatable bonds is 5. The number of amides is 1. The van der Waals surface area contributed by atoms with E-state index in [1.54, 1.807) is 0 Å². The van der Waals surface area contributed by atoms with Crippen molar-refractivity contribution in [1.29, 1.82) is 0 Å². The first-order valence-corrected chi connectivity index (χ1v) is 7.90. The summed E-state index contributed by atoms with van der Waals surface area (Å²) < 4.78 is 31.4. The molecule has 4 nitrogen and oxygen atoms in total. The van der Waals surface area contributed by atoms with Crippen LogP contribution in [-0.4, -0.2) is 18.5 Å². The van der Waals surface area contributed by atoms with Crippen LogP contribution in [0.4, 0.5) is 8.78 Å². The van der Waals surface area contributed by atoms with Gasteiger partial charge in [0.1, 0.15) is 11.6 Å². The first-order valence-electron chi connectivity index (χ1n) is 7.15. The number of carbonyl (C=O) groups excluding carboxylic acids is 2. The second-order valence-corrected chi connectivity index (χ2v) is 5.92. The Bertz CT molecular complexity index is 814. The van der Waals surface area contributed by atoms with Gasteiger partial charge in [0, 0.05) is 11.6 Å². The van der Waals surface area contributed by atoms with Crippen LogP contribution in [0.2, 0.25) is 10.0 Å². The highest BCUT2D eigenvalue weighted by Gasteiger charge is 2.18. The zero-order valence-corrected chi connectivity index (χ0v) is 14.5. The highest BCUT2D eigenvalue weighted by molar-refractivity contribution is 6.43. The number of carbonyl (C=O) groups is 2. The fourth-order valence-corrected chi connectivity index (χ4v) is 2.46. The lowest BCUT2D eigenvalue weighted by Gasteiger charge is -2.15. The average Bonchev–Trinajstić information content (AvgIpc) is 2.55. The molecule has 1 amide bonds. The predicted molar refractivity (Wildman–Crippen MR) is 89.7 cm³/mol. The van der Waals surface area contributed by atoms with Crippen molar-refractivity contribution < 1.29 is 23.1 Å². The molecule has 132 valence electrons. The summed E-state index contributed by atoms with van der Waals surface area (Å²) in [6.07, 6.45) is 0. The van der Waals surface area contributed by atoms with Gasteiger partial charge in [-0.1, -0.05) is 35.3 Å². The molecule has 8 heteroatoms. The molecule has 0 saturated heterocycles. The fraction of sp³-hybridized carbons (Fsp3) is 0.176. The maximum Gasteiger partial charge on any atom is 0.340 e. The highest BCUT2D eigenvalue weighted by Crippen LogP contribution is 2.26. The quantitative estimate of drug-likeness (QED) is 0.777. The molecule has 0 aliphatic rings. The molecule has 25 heavy (non-hydrogen) atoms. The van der Waals surface area contributed by atoms with Crippen molar-refractivity contribution in [3.8, 4) is 0 Å². The minimum absolute atomic E-state index is 0.0244. The standard InChI is InChI=1S/C17H13Cl2F2NO3/c1-9(11-6-5-10(20)7-14(11)21)22-15(23)8-25-17(24)12-3-2-4-13(18)16(12)19/h2-7,9H,8H2,1H3,(H,22,23)/t9-/m0/s1. The number of benzene rings is 2. The Balaban J connectivity index is 1.94. The molecule has 0 saturated carbocycles. The van der Waals surface area contributed by atoms with E-state index in [9.17, 15) is 18.4 Å². The predicted octanol–water partition coefficient (Wildman–Crippen LogP) is 4.31. The van der Waals surface area contributed by atoms with Crippen LogP contribution in [0.3, 0.4) is 0 Å². The number of esters is 1. The zero-order valence-electron chi connectivity index (χ0n) is 13.0. The van der Waals surface area contributed by atoms with E-state index in [4.69, 9.17) is 27.9 Å². The third kappa shape index (κ3) is 4.90. The molecule has 0 aliphatic heterocycles. The lowest BCUT2D eigenvalue weighted by molar-refractivity contribution is -0.124. The smallest absolute Gasteiger partial charge is 0.340 e. The third-order valence-electron chi connectivity index (χ3n) is 3.31. The molecule has 0 unspecified atom stereocenters. The topological polar surface area (TPSA) is 55.4 Å². The number of nitrogens with one attached hydrogen (secondary N) is 1. The summed E-state index contributed by atoms with van der Waals surface area (Å²) in [7, 11) is 0. The average molecular weight is 388 g/mol. The normalized spacial score (nSPS) is 11.7. The molecule has 0 spiro atoms. The number of hydrogen-bond acceptors (Lipinski definition) is 3. The van der Waals surface area contributed by atoms with Gasteiger partial charge in [-0.3, -0.25) is 4.79 Å². The van der Waals surface area contributed by atoms with Crippen molar-refractivity contribution in [2.75, 3.05) is 6.61 Å². The van der Waals surface area contributed by atoms with Gasteiger partial charge in [-0.2, -0.15) is 0 Å². The van der Waals surface area contributed by atoms with E-state index in [0.29, 0.717) is 0 Å². The van der Waals surface area contributed by atoms with Crippen LogP contribution in [0.25, 0.3) is 0 Å². The Morgan fingerprint density at radius 1 is 1.20 bits per heavy atom. The van der Waals surface area contributed by atoms with Gasteiger partial charge < -0.3 is 10.1 Å². The van der Waals surface area contributed by atoms with E-state index in [1.165, 1.54) is 31.2 Å². The van der Waals surface area contributed by atoms with E-state index < -0.39 is 36.2 Å². The lowest BCUT2D eigenvalue weighted by atomic mass is 10.1. The van der Waals surface area contributed by atoms with Gasteiger partial charge >= 0.3 is 5.97 Å². The van der Waals surface area contributed by atoms with Gasteiger partial charge in [-0.15, -0.1) is 0 Å². The molecule has 1 N–H and O–H groups in total. The number of hydrogen-bond donors (Lipinski definition) is 1. The maximum absolute atomic E-state index is 13.7. The molecule has 0 aliphatic carbocycles. The molecule has 2 aromatic carbocycles. The number of ether oxygens (including phenoxy) is 1. The Labute approximate surface area is 152 Å². The molecule has 1 atom stereocenters. The molecule has 0 bridgehead atoms.